The molecular weight excluding hydrogens is 484 g/mol. The summed E-state index contributed by atoms with van der Waals surface area (Å²) in [5.41, 5.74) is -3.26. The van der Waals surface area contributed by atoms with Crippen LogP contribution in [0, 0.1) is 30.0 Å². The van der Waals surface area contributed by atoms with E-state index < -0.39 is 46.2 Å². The van der Waals surface area contributed by atoms with Gasteiger partial charge in [-0.05, 0) is 30.9 Å². The van der Waals surface area contributed by atoms with Crippen LogP contribution in [-0.2, 0) is 18.8 Å². The van der Waals surface area contributed by atoms with E-state index in [4.69, 9.17) is 9.68 Å². The molecule has 1 saturated heterocycles. The molecule has 1 aliphatic carbocycles. The Hall–Kier alpha value is -4.02. The lowest BCUT2D eigenvalue weighted by Gasteiger charge is -2.61. The van der Waals surface area contributed by atoms with Gasteiger partial charge in [-0.3, -0.25) is 0 Å². The number of aryl methyl sites for hydroxylation is 2. The minimum atomic E-state index is -4.94. The van der Waals surface area contributed by atoms with Crippen LogP contribution in [0.15, 0.2) is 16.5 Å². The second-order valence-electron chi connectivity index (χ2n) is 9.23. The first kappa shape index (κ1) is 23.7. The van der Waals surface area contributed by atoms with E-state index in [1.165, 1.54) is 11.9 Å². The number of hydrogen-bond donors (Lipinski definition) is 1. The summed E-state index contributed by atoms with van der Waals surface area (Å²) in [4.78, 5) is 18.7. The summed E-state index contributed by atoms with van der Waals surface area (Å²) >= 11 is 0. The van der Waals surface area contributed by atoms with Gasteiger partial charge in [0.1, 0.15) is 17.4 Å². The van der Waals surface area contributed by atoms with Crippen molar-refractivity contribution < 1.29 is 26.8 Å². The topological polar surface area (TPSA) is 126 Å². The van der Waals surface area contributed by atoms with Crippen LogP contribution < -0.4 is 5.32 Å². The third-order valence-electron chi connectivity index (χ3n) is 6.66. The van der Waals surface area contributed by atoms with E-state index in [0.717, 1.165) is 10.7 Å². The summed E-state index contributed by atoms with van der Waals surface area (Å²) in [6.45, 7) is 3.67. The second-order valence-corrected chi connectivity index (χ2v) is 9.23. The molecule has 0 radical (unpaired) electrons. The van der Waals surface area contributed by atoms with Crippen molar-refractivity contribution in [3.63, 3.8) is 0 Å². The SMILES string of the molecule is Cc1nnc(C23CC(C)CC(C2)N3C(=O)Nc2cc(-c3nc(C#N)n(C)n3)c(C(F)(F)F)cc2F)o1. The normalized spacial score (nSPS) is 23.2. The number of rotatable bonds is 3. The Balaban J connectivity index is 1.52. The monoisotopic (exact) mass is 504 g/mol. The third kappa shape index (κ3) is 3.66. The van der Waals surface area contributed by atoms with Crippen LogP contribution in [0.2, 0.25) is 0 Å². The van der Waals surface area contributed by atoms with Crippen LogP contribution in [0.3, 0.4) is 0 Å². The van der Waals surface area contributed by atoms with Gasteiger partial charge in [0, 0.05) is 32.0 Å². The smallest absolute Gasteiger partial charge is 0.417 e. The molecule has 3 aromatic rings. The van der Waals surface area contributed by atoms with Crippen molar-refractivity contribution >= 4 is 11.7 Å². The van der Waals surface area contributed by atoms with Gasteiger partial charge in [-0.25, -0.2) is 13.9 Å². The number of carbonyl (C=O) groups is 1. The van der Waals surface area contributed by atoms with E-state index in [9.17, 15) is 22.4 Å². The molecule has 2 aliphatic rings. The molecule has 0 spiro atoms. The summed E-state index contributed by atoms with van der Waals surface area (Å²) in [7, 11) is 1.34. The molecule has 3 atom stereocenters. The van der Waals surface area contributed by atoms with Gasteiger partial charge in [0.05, 0.1) is 11.3 Å². The zero-order chi connectivity index (χ0) is 26.0. The molecule has 2 aromatic heterocycles. The lowest BCUT2D eigenvalue weighted by molar-refractivity contribution is -0.137. The molecule has 2 amide bonds. The van der Waals surface area contributed by atoms with Crippen molar-refractivity contribution in [2.24, 2.45) is 13.0 Å². The van der Waals surface area contributed by atoms with Crippen molar-refractivity contribution in [3.05, 3.63) is 41.1 Å². The summed E-state index contributed by atoms with van der Waals surface area (Å²) in [6.07, 6.45) is -3.09. The van der Waals surface area contributed by atoms with Gasteiger partial charge in [0.25, 0.3) is 0 Å². The van der Waals surface area contributed by atoms with Gasteiger partial charge >= 0.3 is 12.2 Å². The number of amides is 2. The number of carbonyl (C=O) groups excluding carboxylic acids is 1. The van der Waals surface area contributed by atoms with Crippen molar-refractivity contribution in [3.8, 4) is 17.5 Å². The first-order chi connectivity index (χ1) is 16.9. The van der Waals surface area contributed by atoms with E-state index in [1.807, 2.05) is 6.92 Å². The maximum absolute atomic E-state index is 14.9. The quantitative estimate of drug-likeness (QED) is 0.532. The minimum absolute atomic E-state index is 0.173. The Morgan fingerprint density at radius 2 is 2.06 bits per heavy atom. The summed E-state index contributed by atoms with van der Waals surface area (Å²) < 4.78 is 62.6. The van der Waals surface area contributed by atoms with E-state index >= 15 is 0 Å². The maximum Gasteiger partial charge on any atom is 0.417 e. The number of aromatic nitrogens is 5. The zero-order valence-corrected chi connectivity index (χ0v) is 19.4. The molecule has 1 aliphatic heterocycles. The Morgan fingerprint density at radius 1 is 1.31 bits per heavy atom. The van der Waals surface area contributed by atoms with Crippen LogP contribution >= 0.6 is 0 Å². The number of nitriles is 1. The highest BCUT2D eigenvalue weighted by Crippen LogP contribution is 2.55. The Labute approximate surface area is 201 Å². The first-order valence-corrected chi connectivity index (χ1v) is 11.1. The molecule has 1 N–H and O–H groups in total. The molecule has 1 aromatic carbocycles. The second kappa shape index (κ2) is 8.00. The summed E-state index contributed by atoms with van der Waals surface area (Å²) in [5.74, 6) is -1.07. The number of nitrogens with one attached hydrogen (secondary N) is 1. The fourth-order valence-corrected chi connectivity index (χ4v) is 5.29. The van der Waals surface area contributed by atoms with E-state index in [0.29, 0.717) is 25.2 Å². The fourth-order valence-electron chi connectivity index (χ4n) is 5.29. The molecule has 3 heterocycles. The molecule has 1 saturated carbocycles. The maximum atomic E-state index is 14.9. The number of alkyl halides is 3. The average Bonchev–Trinajstić information content (AvgIpc) is 3.39. The van der Waals surface area contributed by atoms with E-state index in [2.05, 4.69) is 25.6 Å². The molecule has 2 bridgehead atoms. The Kier molecular flexibility index (Phi) is 5.27. The lowest BCUT2D eigenvalue weighted by Crippen LogP contribution is -2.70. The number of piperidine rings is 1. The average molecular weight is 504 g/mol. The van der Waals surface area contributed by atoms with Gasteiger partial charge in [0.2, 0.25) is 17.6 Å². The third-order valence-corrected chi connectivity index (χ3v) is 6.66. The van der Waals surface area contributed by atoms with Crippen molar-refractivity contribution in [2.45, 2.75) is 50.9 Å². The molecule has 2 fully saturated rings. The Bertz CT molecular complexity index is 1410. The molecule has 5 rings (SSSR count). The predicted octanol–water partition coefficient (Wildman–Crippen LogP) is 4.13. The standard InChI is InChI=1S/C22H20F4N8O2/c1-10-4-12-8-21(7-10,19-31-30-11(2)36-19)34(12)20(35)28-16-5-13(14(6-15(16)23)22(24,25)26)18-29-17(9-27)33(3)32-18/h5-6,10,12H,4,7-8H2,1-3H3,(H,28,35). The molecule has 10 nitrogen and oxygen atoms in total. The Morgan fingerprint density at radius 3 is 2.67 bits per heavy atom. The van der Waals surface area contributed by atoms with Gasteiger partial charge < -0.3 is 14.6 Å². The number of halogens is 4. The van der Waals surface area contributed by atoms with E-state index in [1.54, 1.807) is 13.0 Å². The fraction of sp³-hybridized carbons (Fsp3) is 0.455. The largest absolute Gasteiger partial charge is 0.423 e. The van der Waals surface area contributed by atoms with Crippen molar-refractivity contribution in [1.29, 1.82) is 5.26 Å². The van der Waals surface area contributed by atoms with Crippen LogP contribution in [0.1, 0.15) is 49.4 Å². The first-order valence-electron chi connectivity index (χ1n) is 11.1. The number of fused-ring (bicyclic) bond motifs is 2. The van der Waals surface area contributed by atoms with Gasteiger partial charge in [-0.1, -0.05) is 6.92 Å². The van der Waals surface area contributed by atoms with E-state index in [-0.39, 0.29) is 29.7 Å². The van der Waals surface area contributed by atoms with Gasteiger partial charge in [-0.15, -0.1) is 10.2 Å². The molecule has 36 heavy (non-hydrogen) atoms. The van der Waals surface area contributed by atoms with Gasteiger partial charge in [0.15, 0.2) is 5.82 Å². The number of anilines is 1. The number of benzene rings is 1. The molecular formula is C22H20F4N8O2. The van der Waals surface area contributed by atoms with Crippen molar-refractivity contribution in [2.75, 3.05) is 5.32 Å². The van der Waals surface area contributed by atoms with Gasteiger partial charge in [-0.2, -0.15) is 28.5 Å². The highest BCUT2D eigenvalue weighted by Gasteiger charge is 2.62. The summed E-state index contributed by atoms with van der Waals surface area (Å²) in [6, 6.07) is 1.95. The number of likely N-dealkylation sites (tertiary alicyclic amines) is 1. The zero-order valence-electron chi connectivity index (χ0n) is 19.4. The molecule has 188 valence electrons. The highest BCUT2D eigenvalue weighted by atomic mass is 19.4. The molecule has 3 unspecified atom stereocenters. The molecule has 14 heteroatoms. The predicted molar refractivity (Wildman–Crippen MR) is 114 cm³/mol. The number of nitrogens with zero attached hydrogens (tertiary/aromatic N) is 7. The minimum Gasteiger partial charge on any atom is -0.423 e. The lowest BCUT2D eigenvalue weighted by atomic mass is 9.64. The van der Waals surface area contributed by atoms with Crippen LogP contribution in [-0.4, -0.2) is 41.9 Å². The number of urea groups is 1. The van der Waals surface area contributed by atoms with Crippen molar-refractivity contribution in [1.82, 2.24) is 29.9 Å². The van der Waals surface area contributed by atoms with Crippen LogP contribution in [0.25, 0.3) is 11.4 Å². The van der Waals surface area contributed by atoms with Crippen LogP contribution in [0.4, 0.5) is 28.0 Å². The highest BCUT2D eigenvalue weighted by molar-refractivity contribution is 5.92. The van der Waals surface area contributed by atoms with Crippen LogP contribution in [0.5, 0.6) is 0 Å². The number of hydrogen-bond acceptors (Lipinski definition) is 7. The summed E-state index contributed by atoms with van der Waals surface area (Å²) in [5, 5.41) is 23.3.